The van der Waals surface area contributed by atoms with E-state index in [1.807, 2.05) is 24.3 Å². The number of aliphatic hydroxyl groups is 1. The normalized spacial score (nSPS) is 27.4. The lowest BCUT2D eigenvalue weighted by Crippen LogP contribution is -2.32. The fraction of sp³-hybridized carbons (Fsp3) is 0.438. The van der Waals surface area contributed by atoms with E-state index in [1.54, 1.807) is 0 Å². The molecule has 102 valence electrons. The third-order valence-corrected chi connectivity index (χ3v) is 3.94. The highest BCUT2D eigenvalue weighted by molar-refractivity contribution is 5.82. The standard InChI is InChI=1S/C16H20O3/c1-19-15(18)9-12-16(10-7-14(17)8-11-16)13-5-3-2-4-6-13/h2-6,9,12,14,17H,7-8,10-11H2,1H3. The van der Waals surface area contributed by atoms with Gasteiger partial charge in [-0.15, -0.1) is 0 Å². The molecule has 1 aromatic carbocycles. The minimum absolute atomic E-state index is 0.158. The first kappa shape index (κ1) is 13.8. The van der Waals surface area contributed by atoms with Crippen LogP contribution in [-0.2, 0) is 14.9 Å². The first-order chi connectivity index (χ1) is 9.16. The second-order valence-corrected chi connectivity index (χ2v) is 5.11. The van der Waals surface area contributed by atoms with Crippen LogP contribution in [0.15, 0.2) is 42.5 Å². The Bertz CT molecular complexity index is 442. The number of aliphatic hydroxyl groups excluding tert-OH is 1. The average molecular weight is 260 g/mol. The molecule has 2 rings (SSSR count). The van der Waals surface area contributed by atoms with Crippen molar-refractivity contribution in [2.75, 3.05) is 7.11 Å². The lowest BCUT2D eigenvalue weighted by atomic mass is 9.68. The summed E-state index contributed by atoms with van der Waals surface area (Å²) in [7, 11) is 1.38. The molecule has 3 heteroatoms. The van der Waals surface area contributed by atoms with Crippen molar-refractivity contribution in [2.45, 2.75) is 37.2 Å². The van der Waals surface area contributed by atoms with Crippen molar-refractivity contribution in [1.82, 2.24) is 0 Å². The summed E-state index contributed by atoms with van der Waals surface area (Å²) >= 11 is 0. The zero-order valence-corrected chi connectivity index (χ0v) is 11.2. The minimum Gasteiger partial charge on any atom is -0.466 e. The molecule has 19 heavy (non-hydrogen) atoms. The van der Waals surface area contributed by atoms with Gasteiger partial charge in [-0.05, 0) is 31.2 Å². The third-order valence-electron chi connectivity index (χ3n) is 3.94. The number of benzene rings is 1. The van der Waals surface area contributed by atoms with Gasteiger partial charge < -0.3 is 9.84 Å². The molecule has 0 heterocycles. The molecule has 0 spiro atoms. The topological polar surface area (TPSA) is 46.5 Å². The van der Waals surface area contributed by atoms with Crippen molar-refractivity contribution in [1.29, 1.82) is 0 Å². The van der Waals surface area contributed by atoms with Crippen molar-refractivity contribution < 1.29 is 14.6 Å². The Morgan fingerprint density at radius 2 is 1.95 bits per heavy atom. The van der Waals surface area contributed by atoms with Gasteiger partial charge in [0.25, 0.3) is 0 Å². The fourth-order valence-corrected chi connectivity index (χ4v) is 2.73. The van der Waals surface area contributed by atoms with Gasteiger partial charge in [0.2, 0.25) is 0 Å². The van der Waals surface area contributed by atoms with Crippen molar-refractivity contribution in [3.8, 4) is 0 Å². The average Bonchev–Trinajstić information content (AvgIpc) is 2.47. The van der Waals surface area contributed by atoms with Gasteiger partial charge in [0, 0.05) is 11.5 Å². The molecule has 0 bridgehead atoms. The summed E-state index contributed by atoms with van der Waals surface area (Å²) in [5, 5.41) is 9.70. The van der Waals surface area contributed by atoms with Gasteiger partial charge in [-0.2, -0.15) is 0 Å². The predicted molar refractivity (Wildman–Crippen MR) is 73.8 cm³/mol. The summed E-state index contributed by atoms with van der Waals surface area (Å²) < 4.78 is 4.67. The van der Waals surface area contributed by atoms with Crippen LogP contribution in [0.3, 0.4) is 0 Å². The van der Waals surface area contributed by atoms with Gasteiger partial charge in [-0.1, -0.05) is 36.4 Å². The largest absolute Gasteiger partial charge is 0.466 e. The molecule has 1 fully saturated rings. The van der Waals surface area contributed by atoms with Crippen LogP contribution in [0, 0.1) is 0 Å². The molecule has 1 aliphatic carbocycles. The van der Waals surface area contributed by atoms with E-state index in [4.69, 9.17) is 0 Å². The Labute approximate surface area is 113 Å². The highest BCUT2D eigenvalue weighted by Gasteiger charge is 2.34. The molecular formula is C16H20O3. The molecule has 0 radical (unpaired) electrons. The number of esters is 1. The van der Waals surface area contributed by atoms with Gasteiger partial charge in [-0.3, -0.25) is 0 Å². The number of hydrogen-bond acceptors (Lipinski definition) is 3. The Morgan fingerprint density at radius 1 is 1.32 bits per heavy atom. The molecule has 1 saturated carbocycles. The molecule has 0 aromatic heterocycles. The number of ether oxygens (including phenoxy) is 1. The molecule has 1 N–H and O–H groups in total. The molecule has 1 aliphatic rings. The molecule has 3 nitrogen and oxygen atoms in total. The fourth-order valence-electron chi connectivity index (χ4n) is 2.73. The second-order valence-electron chi connectivity index (χ2n) is 5.11. The number of hydrogen-bond donors (Lipinski definition) is 1. The summed E-state index contributed by atoms with van der Waals surface area (Å²) in [5.74, 6) is -0.332. The highest BCUT2D eigenvalue weighted by atomic mass is 16.5. The quantitative estimate of drug-likeness (QED) is 0.671. The van der Waals surface area contributed by atoms with E-state index in [2.05, 4.69) is 16.9 Å². The van der Waals surface area contributed by atoms with Gasteiger partial charge in [-0.25, -0.2) is 4.79 Å². The lowest BCUT2D eigenvalue weighted by Gasteiger charge is -2.37. The van der Waals surface area contributed by atoms with Crippen LogP contribution in [0.25, 0.3) is 0 Å². The van der Waals surface area contributed by atoms with Crippen molar-refractivity contribution in [3.05, 3.63) is 48.0 Å². The molecular weight excluding hydrogens is 240 g/mol. The number of methoxy groups -OCH3 is 1. The molecule has 0 amide bonds. The molecule has 0 saturated heterocycles. The second kappa shape index (κ2) is 6.02. The maximum absolute atomic E-state index is 11.3. The number of carbonyl (C=O) groups is 1. The van der Waals surface area contributed by atoms with Crippen LogP contribution in [0.2, 0.25) is 0 Å². The summed E-state index contributed by atoms with van der Waals surface area (Å²) in [6, 6.07) is 10.2. The number of carbonyl (C=O) groups excluding carboxylic acids is 1. The third kappa shape index (κ3) is 3.24. The van der Waals surface area contributed by atoms with E-state index in [9.17, 15) is 9.90 Å². The van der Waals surface area contributed by atoms with E-state index < -0.39 is 0 Å². The van der Waals surface area contributed by atoms with E-state index in [1.165, 1.54) is 18.7 Å². The Balaban J connectivity index is 2.28. The first-order valence-corrected chi connectivity index (χ1v) is 6.67. The van der Waals surface area contributed by atoms with Crippen molar-refractivity contribution >= 4 is 5.97 Å². The van der Waals surface area contributed by atoms with Crippen molar-refractivity contribution in [2.24, 2.45) is 0 Å². The maximum Gasteiger partial charge on any atom is 0.330 e. The van der Waals surface area contributed by atoms with Gasteiger partial charge in [0.1, 0.15) is 0 Å². The highest BCUT2D eigenvalue weighted by Crippen LogP contribution is 2.40. The summed E-state index contributed by atoms with van der Waals surface area (Å²) in [6.07, 6.45) is 6.46. The predicted octanol–water partition coefficient (Wildman–Crippen LogP) is 2.59. The van der Waals surface area contributed by atoms with Crippen LogP contribution in [0.5, 0.6) is 0 Å². The first-order valence-electron chi connectivity index (χ1n) is 6.67. The smallest absolute Gasteiger partial charge is 0.330 e. The van der Waals surface area contributed by atoms with Crippen molar-refractivity contribution in [3.63, 3.8) is 0 Å². The number of rotatable bonds is 3. The van der Waals surface area contributed by atoms with E-state index in [0.717, 1.165) is 25.7 Å². The number of allylic oxidation sites excluding steroid dienone is 1. The maximum atomic E-state index is 11.3. The Hall–Kier alpha value is -1.61. The zero-order chi connectivity index (χ0) is 13.7. The summed E-state index contributed by atoms with van der Waals surface area (Å²) in [5.41, 5.74) is 1.04. The molecule has 0 aliphatic heterocycles. The lowest BCUT2D eigenvalue weighted by molar-refractivity contribution is -0.134. The molecule has 0 atom stereocenters. The van der Waals surface area contributed by atoms with E-state index >= 15 is 0 Å². The van der Waals surface area contributed by atoms with Gasteiger partial charge >= 0.3 is 5.97 Å². The van der Waals surface area contributed by atoms with E-state index in [-0.39, 0.29) is 17.5 Å². The zero-order valence-electron chi connectivity index (χ0n) is 11.2. The van der Waals surface area contributed by atoms with Crippen LogP contribution >= 0.6 is 0 Å². The van der Waals surface area contributed by atoms with Crippen LogP contribution < -0.4 is 0 Å². The molecule has 1 aromatic rings. The summed E-state index contributed by atoms with van der Waals surface area (Å²) in [6.45, 7) is 0. The van der Waals surface area contributed by atoms with E-state index in [0.29, 0.717) is 0 Å². The SMILES string of the molecule is COC(=O)C=CC1(c2ccccc2)CCC(O)CC1. The van der Waals surface area contributed by atoms with Gasteiger partial charge in [0.15, 0.2) is 0 Å². The Morgan fingerprint density at radius 3 is 2.53 bits per heavy atom. The minimum atomic E-state index is -0.332. The summed E-state index contributed by atoms with van der Waals surface area (Å²) in [4.78, 5) is 11.3. The van der Waals surface area contributed by atoms with Crippen LogP contribution in [-0.4, -0.2) is 24.3 Å². The van der Waals surface area contributed by atoms with Crippen LogP contribution in [0.4, 0.5) is 0 Å². The van der Waals surface area contributed by atoms with Crippen LogP contribution in [0.1, 0.15) is 31.2 Å². The Kier molecular flexibility index (Phi) is 4.38. The molecule has 0 unspecified atom stereocenters. The monoisotopic (exact) mass is 260 g/mol. The van der Waals surface area contributed by atoms with Gasteiger partial charge in [0.05, 0.1) is 13.2 Å².